The van der Waals surface area contributed by atoms with Crippen LogP contribution in [-0.2, 0) is 14.4 Å². The van der Waals surface area contributed by atoms with Crippen molar-refractivity contribution in [2.45, 2.75) is 38.6 Å². The highest BCUT2D eigenvalue weighted by atomic mass is 32.1. The quantitative estimate of drug-likeness (QED) is 0.565. The predicted octanol–water partition coefficient (Wildman–Crippen LogP) is 2.20. The average Bonchev–Trinajstić information content (AvgIpc) is 3.23. The lowest BCUT2D eigenvalue weighted by Crippen LogP contribution is -2.46. The van der Waals surface area contributed by atoms with E-state index in [0.29, 0.717) is 13.1 Å². The fourth-order valence-electron chi connectivity index (χ4n) is 3.82. The van der Waals surface area contributed by atoms with Gasteiger partial charge >= 0.3 is 17.8 Å². The van der Waals surface area contributed by atoms with E-state index in [4.69, 9.17) is 4.98 Å². The molecule has 29 heavy (non-hydrogen) atoms. The van der Waals surface area contributed by atoms with E-state index in [0.717, 1.165) is 37.9 Å². The van der Waals surface area contributed by atoms with Gasteiger partial charge in [-0.2, -0.15) is 0 Å². The zero-order valence-electron chi connectivity index (χ0n) is 16.3. The molecule has 0 saturated carbocycles. The fourth-order valence-corrected chi connectivity index (χ4v) is 4.92. The molecule has 1 atom stereocenters. The number of para-hydroxylation sites is 1. The summed E-state index contributed by atoms with van der Waals surface area (Å²) < 4.78 is 1.12. The second-order valence-corrected chi connectivity index (χ2v) is 8.70. The summed E-state index contributed by atoms with van der Waals surface area (Å²) in [5.74, 6) is -2.00. The second-order valence-electron chi connectivity index (χ2n) is 7.64. The first kappa shape index (κ1) is 19.5. The SMILES string of the molecule is CC(C)N1C(=O)C(=O)N(CC(=O)N2CCC[C@@H](c3nc4ccccc4s3)C2)C1=O. The Morgan fingerprint density at radius 2 is 1.97 bits per heavy atom. The number of likely N-dealkylation sites (tertiary alicyclic amines) is 1. The average molecular weight is 414 g/mol. The van der Waals surface area contributed by atoms with Crippen molar-refractivity contribution in [1.29, 1.82) is 0 Å². The zero-order valence-corrected chi connectivity index (χ0v) is 17.1. The summed E-state index contributed by atoms with van der Waals surface area (Å²) in [5, 5.41) is 0.998. The Hall–Kier alpha value is -2.81. The van der Waals surface area contributed by atoms with Crippen molar-refractivity contribution in [1.82, 2.24) is 19.7 Å². The number of hydrogen-bond acceptors (Lipinski definition) is 6. The predicted molar refractivity (Wildman–Crippen MR) is 107 cm³/mol. The monoisotopic (exact) mass is 414 g/mol. The Morgan fingerprint density at radius 3 is 2.66 bits per heavy atom. The number of thiazole rings is 1. The number of rotatable bonds is 4. The van der Waals surface area contributed by atoms with E-state index in [-0.39, 0.29) is 11.8 Å². The van der Waals surface area contributed by atoms with Crippen molar-refractivity contribution in [2.24, 2.45) is 0 Å². The minimum absolute atomic E-state index is 0.129. The van der Waals surface area contributed by atoms with Crippen molar-refractivity contribution in [3.05, 3.63) is 29.3 Å². The van der Waals surface area contributed by atoms with Gasteiger partial charge < -0.3 is 4.90 Å². The second kappa shape index (κ2) is 7.55. The molecule has 0 bridgehead atoms. The van der Waals surface area contributed by atoms with Crippen LogP contribution >= 0.6 is 11.3 Å². The molecule has 4 rings (SSSR count). The Labute approximate surface area is 172 Å². The van der Waals surface area contributed by atoms with Gasteiger partial charge in [0.15, 0.2) is 0 Å². The molecular weight excluding hydrogens is 392 g/mol. The van der Waals surface area contributed by atoms with Gasteiger partial charge in [0.25, 0.3) is 0 Å². The fraction of sp³-hybridized carbons (Fsp3) is 0.450. The van der Waals surface area contributed by atoms with Gasteiger partial charge in [0.2, 0.25) is 5.91 Å². The summed E-state index contributed by atoms with van der Waals surface area (Å²) in [6.45, 7) is 3.97. The molecule has 0 spiro atoms. The summed E-state index contributed by atoms with van der Waals surface area (Å²) in [4.78, 5) is 57.4. The first-order chi connectivity index (χ1) is 13.9. The number of urea groups is 1. The van der Waals surface area contributed by atoms with Crippen molar-refractivity contribution < 1.29 is 19.2 Å². The van der Waals surface area contributed by atoms with Crippen molar-refractivity contribution in [2.75, 3.05) is 19.6 Å². The van der Waals surface area contributed by atoms with Crippen LogP contribution in [0.4, 0.5) is 4.79 Å². The van der Waals surface area contributed by atoms with Crippen molar-refractivity contribution >= 4 is 45.3 Å². The molecule has 3 heterocycles. The minimum Gasteiger partial charge on any atom is -0.340 e. The molecule has 152 valence electrons. The van der Waals surface area contributed by atoms with Crippen molar-refractivity contribution in [3.63, 3.8) is 0 Å². The molecule has 8 nitrogen and oxygen atoms in total. The van der Waals surface area contributed by atoms with Gasteiger partial charge in [0.05, 0.1) is 15.2 Å². The van der Waals surface area contributed by atoms with E-state index in [9.17, 15) is 19.2 Å². The molecule has 2 aliphatic rings. The lowest BCUT2D eigenvalue weighted by molar-refractivity contribution is -0.145. The number of fused-ring (bicyclic) bond motifs is 1. The molecule has 2 aliphatic heterocycles. The van der Waals surface area contributed by atoms with E-state index >= 15 is 0 Å². The maximum atomic E-state index is 12.8. The maximum Gasteiger partial charge on any atom is 0.334 e. The van der Waals surface area contributed by atoms with Crippen LogP contribution in [0, 0.1) is 0 Å². The third-order valence-electron chi connectivity index (χ3n) is 5.33. The van der Waals surface area contributed by atoms with Gasteiger partial charge in [0, 0.05) is 25.0 Å². The van der Waals surface area contributed by atoms with E-state index in [2.05, 4.69) is 0 Å². The largest absolute Gasteiger partial charge is 0.340 e. The number of imide groups is 2. The summed E-state index contributed by atoms with van der Waals surface area (Å²) >= 11 is 1.64. The van der Waals surface area contributed by atoms with Gasteiger partial charge in [-0.1, -0.05) is 12.1 Å². The molecular formula is C20H22N4O4S. The Bertz CT molecular complexity index is 968. The number of hydrogen-bond donors (Lipinski definition) is 0. The highest BCUT2D eigenvalue weighted by molar-refractivity contribution is 7.18. The van der Waals surface area contributed by atoms with Gasteiger partial charge in [-0.05, 0) is 38.8 Å². The minimum atomic E-state index is -0.934. The highest BCUT2D eigenvalue weighted by Crippen LogP contribution is 2.33. The van der Waals surface area contributed by atoms with Crippen LogP contribution in [0.25, 0.3) is 10.2 Å². The molecule has 5 amide bonds. The molecule has 1 aromatic heterocycles. The van der Waals surface area contributed by atoms with Gasteiger partial charge in [0.1, 0.15) is 6.54 Å². The summed E-state index contributed by atoms with van der Waals surface area (Å²) in [6.07, 6.45) is 1.76. The number of carbonyl (C=O) groups excluding carboxylic acids is 4. The van der Waals surface area contributed by atoms with Crippen molar-refractivity contribution in [3.8, 4) is 0 Å². The summed E-state index contributed by atoms with van der Waals surface area (Å²) in [5.41, 5.74) is 0.955. The number of nitrogens with zero attached hydrogens (tertiary/aromatic N) is 4. The van der Waals surface area contributed by atoms with Crippen LogP contribution < -0.4 is 0 Å². The van der Waals surface area contributed by atoms with Gasteiger partial charge in [-0.3, -0.25) is 19.3 Å². The number of carbonyl (C=O) groups is 4. The highest BCUT2D eigenvalue weighted by Gasteiger charge is 2.46. The molecule has 9 heteroatoms. The van der Waals surface area contributed by atoms with Crippen LogP contribution in [0.15, 0.2) is 24.3 Å². The summed E-state index contributed by atoms with van der Waals surface area (Å²) in [6, 6.07) is 6.79. The third-order valence-corrected chi connectivity index (χ3v) is 6.53. The Morgan fingerprint density at radius 1 is 1.21 bits per heavy atom. The molecule has 2 saturated heterocycles. The molecule has 2 fully saturated rings. The molecule has 2 aromatic rings. The Balaban J connectivity index is 1.46. The molecule has 0 unspecified atom stereocenters. The zero-order chi connectivity index (χ0) is 20.7. The van der Waals surface area contributed by atoms with E-state index < -0.39 is 30.4 Å². The molecule has 0 N–H and O–H groups in total. The lowest BCUT2D eigenvalue weighted by Gasteiger charge is -2.32. The van der Waals surface area contributed by atoms with E-state index in [1.54, 1.807) is 30.1 Å². The molecule has 1 aromatic carbocycles. The smallest absolute Gasteiger partial charge is 0.334 e. The Kier molecular flexibility index (Phi) is 5.08. The van der Waals surface area contributed by atoms with Gasteiger partial charge in [-0.25, -0.2) is 14.7 Å². The normalized spacial score (nSPS) is 20.4. The first-order valence-corrected chi connectivity index (χ1v) is 10.5. The van der Waals surface area contributed by atoms with Crippen LogP contribution in [0.2, 0.25) is 0 Å². The molecule has 0 aliphatic carbocycles. The standard InChI is InChI=1S/C20H22N4O4S/c1-12(2)24-19(27)18(26)23(20(24)28)11-16(25)22-9-5-6-13(10-22)17-21-14-7-3-4-8-15(14)29-17/h3-4,7-8,12-13H,5-6,9-11H2,1-2H3/t13-/m1/s1. The van der Waals surface area contributed by atoms with Crippen LogP contribution in [0.3, 0.4) is 0 Å². The topological polar surface area (TPSA) is 90.9 Å². The third kappa shape index (κ3) is 3.50. The molecule has 0 radical (unpaired) electrons. The number of piperidine rings is 1. The van der Waals surface area contributed by atoms with Crippen LogP contribution in [-0.4, -0.2) is 69.1 Å². The first-order valence-electron chi connectivity index (χ1n) is 9.69. The maximum absolute atomic E-state index is 12.8. The summed E-state index contributed by atoms with van der Waals surface area (Å²) in [7, 11) is 0. The van der Waals surface area contributed by atoms with Crippen LogP contribution in [0.1, 0.15) is 37.6 Å². The van der Waals surface area contributed by atoms with Gasteiger partial charge in [-0.15, -0.1) is 11.3 Å². The lowest BCUT2D eigenvalue weighted by atomic mass is 9.98. The van der Waals surface area contributed by atoms with E-state index in [1.807, 2.05) is 24.3 Å². The number of benzene rings is 1. The number of amides is 5. The number of aromatic nitrogens is 1. The van der Waals surface area contributed by atoms with Crippen LogP contribution in [0.5, 0.6) is 0 Å². The van der Waals surface area contributed by atoms with E-state index in [1.165, 1.54) is 0 Å².